The molecule has 0 unspecified atom stereocenters. The molecule has 0 aliphatic rings. The number of hydrogen-bond donors (Lipinski definition) is 1. The summed E-state index contributed by atoms with van der Waals surface area (Å²) in [6.45, 7) is 0. The van der Waals surface area contributed by atoms with Crippen LogP contribution in [-0.4, -0.2) is 20.7 Å². The molecule has 0 aliphatic heterocycles. The summed E-state index contributed by atoms with van der Waals surface area (Å²) in [4.78, 5) is 42.1. The lowest BCUT2D eigenvalue weighted by Gasteiger charge is -2.07. The van der Waals surface area contributed by atoms with Gasteiger partial charge >= 0.3 is 0 Å². The quantitative estimate of drug-likeness (QED) is 0.627. The van der Waals surface area contributed by atoms with Crippen LogP contribution in [-0.2, 0) is 0 Å². The van der Waals surface area contributed by atoms with Gasteiger partial charge in [-0.15, -0.1) is 0 Å². The molecule has 0 spiro atoms. The largest absolute Gasteiger partial charge is 0.322 e. The zero-order chi connectivity index (χ0) is 18.7. The van der Waals surface area contributed by atoms with Gasteiger partial charge in [-0.2, -0.15) is 0 Å². The number of benzene rings is 2. The Labute approximate surface area is 143 Å². The molecule has 0 aliphatic carbocycles. The number of carbonyl (C=O) groups excluding carboxylic acids is 1. The first kappa shape index (κ1) is 17.7. The predicted molar refractivity (Wildman–Crippen MR) is 85.8 cm³/mol. The maximum absolute atomic E-state index is 12.2. The minimum Gasteiger partial charge on any atom is -0.322 e. The van der Waals surface area contributed by atoms with Gasteiger partial charge in [0.15, 0.2) is 0 Å². The number of amides is 1. The molecule has 0 bridgehead atoms. The number of nitrogens with one attached hydrogen (secondary N) is 1. The minimum atomic E-state index is -0.946. The van der Waals surface area contributed by atoms with E-state index in [1.807, 2.05) is 0 Å². The highest BCUT2D eigenvalue weighted by Gasteiger charge is 2.26. The van der Waals surface area contributed by atoms with Gasteiger partial charge in [0, 0.05) is 23.9 Å². The predicted octanol–water partition coefficient (Wildman–Crippen LogP) is 3.32. The number of halogens is 1. The van der Waals surface area contributed by atoms with Gasteiger partial charge in [0.05, 0.1) is 26.4 Å². The van der Waals surface area contributed by atoms with E-state index in [1.54, 1.807) is 0 Å². The Kier molecular flexibility index (Phi) is 4.89. The Morgan fingerprint density at radius 3 is 1.92 bits per heavy atom. The highest BCUT2D eigenvalue weighted by Crippen LogP contribution is 2.33. The monoisotopic (exact) mass is 366 g/mol. The second-order valence-electron chi connectivity index (χ2n) is 4.60. The van der Waals surface area contributed by atoms with Crippen molar-refractivity contribution < 1.29 is 19.6 Å². The highest BCUT2D eigenvalue weighted by molar-refractivity contribution is 6.36. The molecule has 1 N–H and O–H groups in total. The first-order valence-electron chi connectivity index (χ1n) is 6.39. The van der Waals surface area contributed by atoms with E-state index in [2.05, 4.69) is 5.32 Å². The zero-order valence-corrected chi connectivity index (χ0v) is 12.8. The van der Waals surface area contributed by atoms with Gasteiger partial charge in [-0.25, -0.2) is 0 Å². The van der Waals surface area contributed by atoms with Crippen molar-refractivity contribution in [3.8, 4) is 0 Å². The molecule has 0 heterocycles. The average Bonchev–Trinajstić information content (AvgIpc) is 2.54. The van der Waals surface area contributed by atoms with E-state index in [4.69, 9.17) is 11.6 Å². The van der Waals surface area contributed by atoms with Crippen molar-refractivity contribution in [2.75, 3.05) is 5.32 Å². The molecular weight excluding hydrogens is 360 g/mol. The smallest absolute Gasteiger partial charge is 0.295 e. The Bertz CT molecular complexity index is 898. The summed E-state index contributed by atoms with van der Waals surface area (Å²) in [6.07, 6.45) is 0. The van der Waals surface area contributed by atoms with Crippen molar-refractivity contribution in [1.29, 1.82) is 0 Å². The van der Waals surface area contributed by atoms with E-state index in [1.165, 1.54) is 12.1 Å². The van der Waals surface area contributed by atoms with Crippen LogP contribution in [0.5, 0.6) is 0 Å². The summed E-state index contributed by atoms with van der Waals surface area (Å²) in [5.41, 5.74) is -2.00. The molecule has 128 valence electrons. The van der Waals surface area contributed by atoms with Crippen LogP contribution in [0.25, 0.3) is 0 Å². The summed E-state index contributed by atoms with van der Waals surface area (Å²) in [6, 6.07) is 6.17. The maximum atomic E-state index is 12.2. The fourth-order valence-electron chi connectivity index (χ4n) is 1.86. The van der Waals surface area contributed by atoms with Gasteiger partial charge in [-0.3, -0.25) is 35.1 Å². The van der Waals surface area contributed by atoms with Crippen molar-refractivity contribution in [2.24, 2.45) is 0 Å². The molecule has 0 aromatic heterocycles. The van der Waals surface area contributed by atoms with Crippen molar-refractivity contribution in [3.05, 3.63) is 77.3 Å². The summed E-state index contributed by atoms with van der Waals surface area (Å²) in [7, 11) is 0. The third-order valence-corrected chi connectivity index (χ3v) is 3.42. The molecule has 12 heteroatoms. The first-order chi connectivity index (χ1) is 11.7. The van der Waals surface area contributed by atoms with E-state index < -0.39 is 42.6 Å². The molecule has 2 aromatic carbocycles. The van der Waals surface area contributed by atoms with Crippen molar-refractivity contribution in [1.82, 2.24) is 0 Å². The van der Waals surface area contributed by atoms with Crippen LogP contribution in [0.15, 0.2) is 36.4 Å². The van der Waals surface area contributed by atoms with Gasteiger partial charge in [-0.1, -0.05) is 11.6 Å². The molecule has 1 amide bonds. The average molecular weight is 367 g/mol. The van der Waals surface area contributed by atoms with E-state index in [9.17, 15) is 35.1 Å². The fraction of sp³-hybridized carbons (Fsp3) is 0. The molecule has 0 saturated carbocycles. The Hall–Kier alpha value is -3.60. The van der Waals surface area contributed by atoms with Crippen LogP contribution in [0.4, 0.5) is 22.7 Å². The minimum absolute atomic E-state index is 0.140. The summed E-state index contributed by atoms with van der Waals surface area (Å²) in [5, 5.41) is 34.1. The maximum Gasteiger partial charge on any atom is 0.295 e. The van der Waals surface area contributed by atoms with Crippen LogP contribution in [0.1, 0.15) is 10.4 Å². The van der Waals surface area contributed by atoms with Gasteiger partial charge in [-0.05, 0) is 12.1 Å². The zero-order valence-electron chi connectivity index (χ0n) is 12.0. The number of rotatable bonds is 5. The van der Waals surface area contributed by atoms with E-state index >= 15 is 0 Å². The van der Waals surface area contributed by atoms with Gasteiger partial charge in [0.1, 0.15) is 5.02 Å². The summed E-state index contributed by atoms with van der Waals surface area (Å²) >= 11 is 5.79. The molecule has 25 heavy (non-hydrogen) atoms. The molecular formula is C13H7ClN4O7. The van der Waals surface area contributed by atoms with Crippen molar-refractivity contribution >= 4 is 40.3 Å². The SMILES string of the molecule is O=C(Nc1ccc([N+](=O)[O-])cc1)c1cc([N+](=O)[O-])cc([N+](=O)[O-])c1Cl. The van der Waals surface area contributed by atoms with Crippen molar-refractivity contribution in [3.63, 3.8) is 0 Å². The first-order valence-corrected chi connectivity index (χ1v) is 6.76. The lowest BCUT2D eigenvalue weighted by atomic mass is 10.1. The van der Waals surface area contributed by atoms with Crippen LogP contribution in [0.2, 0.25) is 5.02 Å². The summed E-state index contributed by atoms with van der Waals surface area (Å²) in [5.74, 6) is -0.939. The van der Waals surface area contributed by atoms with Gasteiger partial charge < -0.3 is 5.32 Å². The second-order valence-corrected chi connectivity index (χ2v) is 4.98. The molecule has 0 atom stereocenters. The standard InChI is InChI=1S/C13H7ClN4O7/c14-12-10(5-9(17(22)23)6-11(12)18(24)25)13(19)15-7-1-3-8(4-2-7)16(20)21/h1-6H,(H,15,19). The normalized spacial score (nSPS) is 10.1. The lowest BCUT2D eigenvalue weighted by molar-refractivity contribution is -0.394. The molecule has 0 radical (unpaired) electrons. The van der Waals surface area contributed by atoms with E-state index in [0.29, 0.717) is 6.07 Å². The topological polar surface area (TPSA) is 159 Å². The molecule has 2 aromatic rings. The Balaban J connectivity index is 2.39. The Morgan fingerprint density at radius 1 is 0.880 bits per heavy atom. The number of non-ortho nitro benzene ring substituents is 2. The van der Waals surface area contributed by atoms with Crippen LogP contribution in [0, 0.1) is 30.3 Å². The fourth-order valence-corrected chi connectivity index (χ4v) is 2.13. The number of anilines is 1. The highest BCUT2D eigenvalue weighted by atomic mass is 35.5. The number of nitrogens with zero attached hydrogens (tertiary/aromatic N) is 3. The van der Waals surface area contributed by atoms with Crippen LogP contribution < -0.4 is 5.32 Å². The van der Waals surface area contributed by atoms with Crippen LogP contribution >= 0.6 is 11.6 Å². The number of nitro groups is 3. The molecule has 11 nitrogen and oxygen atoms in total. The molecule has 2 rings (SSSR count). The van der Waals surface area contributed by atoms with Gasteiger partial charge in [0.2, 0.25) is 0 Å². The molecule has 0 saturated heterocycles. The lowest BCUT2D eigenvalue weighted by Crippen LogP contribution is -2.13. The number of nitro benzene ring substituents is 3. The van der Waals surface area contributed by atoms with Crippen LogP contribution in [0.3, 0.4) is 0 Å². The molecule has 0 fully saturated rings. The second kappa shape index (κ2) is 6.88. The van der Waals surface area contributed by atoms with E-state index in [0.717, 1.165) is 18.2 Å². The number of hydrogen-bond acceptors (Lipinski definition) is 7. The van der Waals surface area contributed by atoms with Crippen molar-refractivity contribution in [2.45, 2.75) is 0 Å². The third kappa shape index (κ3) is 3.84. The van der Waals surface area contributed by atoms with Gasteiger partial charge in [0.25, 0.3) is 23.0 Å². The third-order valence-electron chi connectivity index (χ3n) is 3.03. The summed E-state index contributed by atoms with van der Waals surface area (Å²) < 4.78 is 0. The number of carbonyl (C=O) groups is 1. The Morgan fingerprint density at radius 2 is 1.44 bits per heavy atom. The van der Waals surface area contributed by atoms with E-state index in [-0.39, 0.29) is 11.4 Å².